The van der Waals surface area contributed by atoms with E-state index in [2.05, 4.69) is 10.4 Å². The zero-order valence-corrected chi connectivity index (χ0v) is 18.6. The lowest BCUT2D eigenvalue weighted by atomic mass is 9.99. The zero-order chi connectivity index (χ0) is 23.7. The Morgan fingerprint density at radius 3 is 2.91 bits per heavy atom. The van der Waals surface area contributed by atoms with Gasteiger partial charge >= 0.3 is 6.03 Å². The number of aliphatic hydroxyl groups excluding tert-OH is 1. The van der Waals surface area contributed by atoms with E-state index in [1.165, 1.54) is 12.1 Å². The van der Waals surface area contributed by atoms with Crippen LogP contribution in [0.2, 0.25) is 0 Å². The number of halogens is 1. The molecule has 2 aliphatic heterocycles. The van der Waals surface area contributed by atoms with E-state index in [0.29, 0.717) is 43.9 Å². The van der Waals surface area contributed by atoms with Gasteiger partial charge in [-0.15, -0.1) is 0 Å². The van der Waals surface area contributed by atoms with Gasteiger partial charge in [0.25, 0.3) is 5.91 Å². The lowest BCUT2D eigenvalue weighted by Gasteiger charge is -2.34. The third kappa shape index (κ3) is 4.27. The molecule has 3 amide bonds. The van der Waals surface area contributed by atoms with Gasteiger partial charge in [0.05, 0.1) is 24.3 Å². The van der Waals surface area contributed by atoms with Crippen LogP contribution < -0.4 is 5.32 Å². The Morgan fingerprint density at radius 1 is 1.39 bits per heavy atom. The minimum absolute atomic E-state index is 0.0460. The van der Waals surface area contributed by atoms with Gasteiger partial charge in [-0.3, -0.25) is 14.5 Å². The molecule has 2 aliphatic rings. The lowest BCUT2D eigenvalue weighted by molar-refractivity contribution is 0.00516. The van der Waals surface area contributed by atoms with Gasteiger partial charge in [0.15, 0.2) is 0 Å². The summed E-state index contributed by atoms with van der Waals surface area (Å²) in [4.78, 5) is 27.9. The molecule has 2 aromatic rings. The highest BCUT2D eigenvalue weighted by Gasteiger charge is 2.37. The van der Waals surface area contributed by atoms with E-state index in [1.54, 1.807) is 27.7 Å². The summed E-state index contributed by atoms with van der Waals surface area (Å²) in [5.41, 5.74) is 2.17. The largest absolute Gasteiger partial charge is 0.396 e. The van der Waals surface area contributed by atoms with Crippen LogP contribution in [0.3, 0.4) is 0 Å². The van der Waals surface area contributed by atoms with Crippen molar-refractivity contribution >= 4 is 17.6 Å². The lowest BCUT2D eigenvalue weighted by Crippen LogP contribution is -2.46. The molecule has 0 saturated carbocycles. The highest BCUT2D eigenvalue weighted by atomic mass is 19.1. The Kier molecular flexibility index (Phi) is 6.31. The van der Waals surface area contributed by atoms with Gasteiger partial charge in [0.2, 0.25) is 0 Å². The van der Waals surface area contributed by atoms with Gasteiger partial charge in [-0.05, 0) is 31.5 Å². The number of amides is 3. The molecule has 1 atom stereocenters. The maximum atomic E-state index is 13.6. The van der Waals surface area contributed by atoms with E-state index in [4.69, 9.17) is 10.4 Å². The van der Waals surface area contributed by atoms with Crippen LogP contribution in [0.4, 0.5) is 14.9 Å². The number of nitriles is 1. The number of rotatable bonds is 4. The summed E-state index contributed by atoms with van der Waals surface area (Å²) >= 11 is 0. The van der Waals surface area contributed by atoms with Crippen molar-refractivity contribution in [3.05, 3.63) is 46.5 Å². The molecule has 0 aliphatic carbocycles. The molecule has 10 nitrogen and oxygen atoms in total. The molecular weight excluding hydrogens is 429 g/mol. The van der Waals surface area contributed by atoms with Gasteiger partial charge in [0.1, 0.15) is 17.6 Å². The van der Waals surface area contributed by atoms with Crippen LogP contribution in [-0.4, -0.2) is 74.5 Å². The summed E-state index contributed by atoms with van der Waals surface area (Å²) in [6, 6.07) is 5.03. The second-order valence-corrected chi connectivity index (χ2v) is 8.27. The van der Waals surface area contributed by atoms with Crippen LogP contribution in [-0.2, 0) is 19.5 Å². The van der Waals surface area contributed by atoms with Crippen molar-refractivity contribution in [2.24, 2.45) is 0 Å². The van der Waals surface area contributed by atoms with E-state index in [9.17, 15) is 14.0 Å². The highest BCUT2D eigenvalue weighted by molar-refractivity contribution is 5.95. The third-order valence-electron chi connectivity index (χ3n) is 6.15. The molecule has 0 spiro atoms. The predicted molar refractivity (Wildman–Crippen MR) is 116 cm³/mol. The summed E-state index contributed by atoms with van der Waals surface area (Å²) in [6.07, 6.45) is 1.06. The van der Waals surface area contributed by atoms with E-state index in [1.807, 2.05) is 11.9 Å². The maximum Gasteiger partial charge on any atom is 0.322 e. The summed E-state index contributed by atoms with van der Waals surface area (Å²) in [6.45, 7) is 3.82. The first kappa shape index (κ1) is 22.7. The molecule has 11 heteroatoms. The van der Waals surface area contributed by atoms with Crippen LogP contribution in [0.1, 0.15) is 40.7 Å². The Balaban J connectivity index is 1.57. The molecule has 1 unspecified atom stereocenters. The fourth-order valence-corrected chi connectivity index (χ4v) is 4.31. The number of aliphatic hydroxyl groups is 1. The average molecular weight is 455 g/mol. The van der Waals surface area contributed by atoms with Crippen LogP contribution in [0.15, 0.2) is 18.2 Å². The smallest absolute Gasteiger partial charge is 0.322 e. The standard InChI is InChI=1S/C22H26FN7O3/c1-14-10-19-17(13-29(14)22(33)25-16-4-5-18(23)15(11-16)12-24)20-21(32)27(2)28(6-3-9-31)7-8-30(20)26-19/h4-5,11,14,31H,3,6-10,13H2,1-2H3,(H,25,33). The van der Waals surface area contributed by atoms with E-state index < -0.39 is 11.8 Å². The zero-order valence-electron chi connectivity index (χ0n) is 18.6. The van der Waals surface area contributed by atoms with E-state index in [0.717, 1.165) is 17.3 Å². The molecular formula is C22H26FN7O3. The topological polar surface area (TPSA) is 118 Å². The Hall–Kier alpha value is -3.49. The SMILES string of the molecule is CC1Cc2nn3c(c2CN1C(=O)Nc1ccc(F)c(C#N)c1)C(=O)N(C)N(CCCO)CC3. The highest BCUT2D eigenvalue weighted by Crippen LogP contribution is 2.29. The molecule has 3 heterocycles. The number of carbonyl (C=O) groups excluding carboxylic acids is 2. The maximum absolute atomic E-state index is 13.6. The molecule has 1 aromatic carbocycles. The fourth-order valence-electron chi connectivity index (χ4n) is 4.31. The minimum Gasteiger partial charge on any atom is -0.396 e. The monoisotopic (exact) mass is 455 g/mol. The summed E-state index contributed by atoms with van der Waals surface area (Å²) in [5.74, 6) is -0.851. The second-order valence-electron chi connectivity index (χ2n) is 8.27. The number of nitrogens with one attached hydrogen (secondary N) is 1. The fraction of sp³-hybridized carbons (Fsp3) is 0.455. The number of urea groups is 1. The number of fused-ring (bicyclic) bond motifs is 3. The number of aromatic nitrogens is 2. The van der Waals surface area contributed by atoms with Gasteiger partial charge in [-0.2, -0.15) is 10.4 Å². The minimum atomic E-state index is -0.648. The van der Waals surface area contributed by atoms with E-state index in [-0.39, 0.29) is 30.7 Å². The van der Waals surface area contributed by atoms with Gasteiger partial charge < -0.3 is 15.3 Å². The number of nitrogens with zero attached hydrogens (tertiary/aromatic N) is 6. The third-order valence-corrected chi connectivity index (χ3v) is 6.15. The van der Waals surface area contributed by atoms with Crippen LogP contribution in [0.25, 0.3) is 0 Å². The van der Waals surface area contributed by atoms with Crippen LogP contribution in [0.5, 0.6) is 0 Å². The predicted octanol–water partition coefficient (Wildman–Crippen LogP) is 1.56. The van der Waals surface area contributed by atoms with Crippen molar-refractivity contribution < 1.29 is 19.1 Å². The Labute approximate surface area is 190 Å². The molecule has 2 N–H and O–H groups in total. The van der Waals surface area contributed by atoms with Gasteiger partial charge in [0, 0.05) is 50.5 Å². The van der Waals surface area contributed by atoms with Crippen molar-refractivity contribution in [3.8, 4) is 6.07 Å². The summed E-state index contributed by atoms with van der Waals surface area (Å²) in [5, 5.41) is 29.0. The molecule has 1 aromatic heterocycles. The van der Waals surface area contributed by atoms with Crippen molar-refractivity contribution in [2.45, 2.75) is 38.9 Å². The summed E-state index contributed by atoms with van der Waals surface area (Å²) < 4.78 is 15.3. The first-order valence-electron chi connectivity index (χ1n) is 10.8. The number of hydrogen-bond donors (Lipinski definition) is 2. The molecule has 0 radical (unpaired) electrons. The number of hydrogen-bond acceptors (Lipinski definition) is 6. The molecule has 0 saturated heterocycles. The number of hydrazine groups is 1. The second kappa shape index (κ2) is 9.17. The molecule has 33 heavy (non-hydrogen) atoms. The molecule has 4 rings (SSSR count). The summed E-state index contributed by atoms with van der Waals surface area (Å²) in [7, 11) is 1.70. The van der Waals surface area contributed by atoms with Crippen molar-refractivity contribution in [1.82, 2.24) is 24.7 Å². The van der Waals surface area contributed by atoms with E-state index >= 15 is 0 Å². The van der Waals surface area contributed by atoms with Crippen LogP contribution >= 0.6 is 0 Å². The number of carbonyl (C=O) groups is 2. The first-order valence-corrected chi connectivity index (χ1v) is 10.8. The number of benzene rings is 1. The Morgan fingerprint density at radius 2 is 2.18 bits per heavy atom. The molecule has 0 bridgehead atoms. The van der Waals surface area contributed by atoms with Crippen molar-refractivity contribution in [3.63, 3.8) is 0 Å². The van der Waals surface area contributed by atoms with Crippen molar-refractivity contribution in [2.75, 3.05) is 32.1 Å². The van der Waals surface area contributed by atoms with Crippen molar-refractivity contribution in [1.29, 1.82) is 5.26 Å². The first-order chi connectivity index (χ1) is 15.8. The van der Waals surface area contributed by atoms with Gasteiger partial charge in [-0.25, -0.2) is 14.2 Å². The number of anilines is 1. The molecule has 174 valence electrons. The quantitative estimate of drug-likeness (QED) is 0.723. The normalized spacial score (nSPS) is 18.4. The Bertz CT molecular complexity index is 1130. The van der Waals surface area contributed by atoms with Crippen LogP contribution in [0, 0.1) is 17.1 Å². The molecule has 0 fully saturated rings. The van der Waals surface area contributed by atoms with Gasteiger partial charge in [-0.1, -0.05) is 0 Å². The average Bonchev–Trinajstić information content (AvgIpc) is 3.10.